The largest absolute Gasteiger partial charge is 0.352 e. The fourth-order valence-corrected chi connectivity index (χ4v) is 4.63. The average Bonchev–Trinajstić information content (AvgIpc) is 3.40. The highest BCUT2D eigenvalue weighted by atomic mass is 32.1. The zero-order valence-electron chi connectivity index (χ0n) is 14.6. The van der Waals surface area contributed by atoms with Crippen LogP contribution in [0.2, 0.25) is 0 Å². The number of aromatic nitrogens is 3. The van der Waals surface area contributed by atoms with Crippen LogP contribution in [0, 0.1) is 0 Å². The molecule has 2 aliphatic rings. The van der Waals surface area contributed by atoms with Gasteiger partial charge in [0.15, 0.2) is 5.82 Å². The summed E-state index contributed by atoms with van der Waals surface area (Å²) in [7, 11) is 0. The van der Waals surface area contributed by atoms with Crippen LogP contribution in [-0.2, 0) is 12.8 Å². The normalized spacial score (nSPS) is 16.5. The lowest BCUT2D eigenvalue weighted by Crippen LogP contribution is -2.30. The van der Waals surface area contributed by atoms with E-state index in [9.17, 15) is 0 Å². The van der Waals surface area contributed by atoms with Gasteiger partial charge in [0.1, 0.15) is 11.5 Å². The second-order valence-corrected chi connectivity index (χ2v) is 7.71. The molecule has 0 bridgehead atoms. The maximum Gasteiger partial charge on any atom is 0.180 e. The van der Waals surface area contributed by atoms with E-state index in [1.807, 2.05) is 35.7 Å². The molecule has 130 valence electrons. The smallest absolute Gasteiger partial charge is 0.180 e. The van der Waals surface area contributed by atoms with E-state index in [1.54, 1.807) is 0 Å². The summed E-state index contributed by atoms with van der Waals surface area (Å²) in [5.74, 6) is 1.88. The fraction of sp³-hybridized carbons (Fsp3) is 0.286. The SMILES string of the molecule is C1=C(c2cccs2)CCN(c2nc(-c3ccccn3)nc3c2CCC3)C1. The summed E-state index contributed by atoms with van der Waals surface area (Å²) in [5, 5.41) is 2.15. The minimum atomic E-state index is 0.759. The van der Waals surface area contributed by atoms with Gasteiger partial charge < -0.3 is 4.90 Å². The predicted molar refractivity (Wildman–Crippen MR) is 106 cm³/mol. The van der Waals surface area contributed by atoms with Crippen LogP contribution in [0.5, 0.6) is 0 Å². The maximum atomic E-state index is 4.95. The number of hydrogen-bond donors (Lipinski definition) is 0. The number of thiophene rings is 1. The highest BCUT2D eigenvalue weighted by Crippen LogP contribution is 2.34. The molecular formula is C21H20N4S. The first-order chi connectivity index (χ1) is 12.9. The van der Waals surface area contributed by atoms with E-state index in [0.717, 1.165) is 49.7 Å². The van der Waals surface area contributed by atoms with Gasteiger partial charge >= 0.3 is 0 Å². The molecule has 0 unspecified atom stereocenters. The lowest BCUT2D eigenvalue weighted by molar-refractivity contribution is 0.805. The molecule has 0 radical (unpaired) electrons. The molecule has 0 fully saturated rings. The summed E-state index contributed by atoms with van der Waals surface area (Å²) in [6.45, 7) is 1.92. The first-order valence-electron chi connectivity index (χ1n) is 9.17. The van der Waals surface area contributed by atoms with Crippen LogP contribution in [0.1, 0.15) is 29.0 Å². The molecular weight excluding hydrogens is 340 g/mol. The van der Waals surface area contributed by atoms with Gasteiger partial charge in [-0.15, -0.1) is 11.3 Å². The Kier molecular flexibility index (Phi) is 4.02. The van der Waals surface area contributed by atoms with Gasteiger partial charge in [-0.1, -0.05) is 18.2 Å². The van der Waals surface area contributed by atoms with Gasteiger partial charge in [-0.2, -0.15) is 0 Å². The van der Waals surface area contributed by atoms with Crippen LogP contribution in [0.15, 0.2) is 48.0 Å². The highest BCUT2D eigenvalue weighted by Gasteiger charge is 2.25. The van der Waals surface area contributed by atoms with E-state index in [1.165, 1.54) is 28.1 Å². The van der Waals surface area contributed by atoms with Crippen molar-refractivity contribution in [3.63, 3.8) is 0 Å². The monoisotopic (exact) mass is 360 g/mol. The first kappa shape index (κ1) is 15.7. The van der Waals surface area contributed by atoms with E-state index in [2.05, 4.69) is 33.5 Å². The van der Waals surface area contributed by atoms with Crippen molar-refractivity contribution in [1.29, 1.82) is 0 Å². The first-order valence-corrected chi connectivity index (χ1v) is 10.1. The molecule has 0 atom stereocenters. The van der Waals surface area contributed by atoms with Gasteiger partial charge in [-0.3, -0.25) is 4.98 Å². The predicted octanol–water partition coefficient (Wildman–Crippen LogP) is 4.38. The summed E-state index contributed by atoms with van der Waals surface area (Å²) in [5.41, 5.74) is 4.88. The molecule has 0 saturated heterocycles. The minimum Gasteiger partial charge on any atom is -0.352 e. The minimum absolute atomic E-state index is 0.759. The summed E-state index contributed by atoms with van der Waals surface area (Å²) in [4.78, 5) is 18.0. The second-order valence-electron chi connectivity index (χ2n) is 6.77. The van der Waals surface area contributed by atoms with Crippen molar-refractivity contribution in [3.05, 3.63) is 64.1 Å². The third-order valence-corrected chi connectivity index (χ3v) is 6.10. The van der Waals surface area contributed by atoms with Crippen molar-refractivity contribution in [2.45, 2.75) is 25.7 Å². The average molecular weight is 360 g/mol. The molecule has 1 aliphatic heterocycles. The number of hydrogen-bond acceptors (Lipinski definition) is 5. The van der Waals surface area contributed by atoms with Gasteiger partial charge in [-0.05, 0) is 54.8 Å². The van der Waals surface area contributed by atoms with E-state index in [4.69, 9.17) is 9.97 Å². The van der Waals surface area contributed by atoms with Crippen molar-refractivity contribution in [2.24, 2.45) is 0 Å². The summed E-state index contributed by atoms with van der Waals surface area (Å²) >= 11 is 1.83. The number of pyridine rings is 1. The Balaban J connectivity index is 1.50. The molecule has 3 aromatic heterocycles. The van der Waals surface area contributed by atoms with Gasteiger partial charge in [-0.25, -0.2) is 9.97 Å². The lowest BCUT2D eigenvalue weighted by Gasteiger charge is -2.29. The van der Waals surface area contributed by atoms with Gasteiger partial charge in [0.2, 0.25) is 0 Å². The molecule has 5 rings (SSSR count). The zero-order chi connectivity index (χ0) is 17.3. The van der Waals surface area contributed by atoms with Crippen LogP contribution in [-0.4, -0.2) is 28.0 Å². The zero-order valence-corrected chi connectivity index (χ0v) is 15.4. The fourth-order valence-electron chi connectivity index (χ4n) is 3.83. The standard InChI is InChI=1S/C21H20N4S/c1-2-11-22-18(6-1)20-23-17-7-3-5-16(17)21(24-20)25-12-9-15(10-13-25)19-8-4-14-26-19/h1-2,4,6,8-9,11,14H,3,5,7,10,12-13H2. The van der Waals surface area contributed by atoms with E-state index < -0.39 is 0 Å². The number of aryl methyl sites for hydroxylation is 1. The Morgan fingerprint density at radius 1 is 1.00 bits per heavy atom. The molecule has 0 N–H and O–H groups in total. The summed E-state index contributed by atoms with van der Waals surface area (Å²) < 4.78 is 0. The molecule has 0 spiro atoms. The molecule has 3 aromatic rings. The number of nitrogens with zero attached hydrogens (tertiary/aromatic N) is 4. The van der Waals surface area contributed by atoms with Crippen molar-refractivity contribution in [1.82, 2.24) is 15.0 Å². The molecule has 4 heterocycles. The molecule has 1 aliphatic carbocycles. The van der Waals surface area contributed by atoms with Crippen LogP contribution in [0.4, 0.5) is 5.82 Å². The maximum absolute atomic E-state index is 4.95. The van der Waals surface area contributed by atoms with Gasteiger partial charge in [0.25, 0.3) is 0 Å². The highest BCUT2D eigenvalue weighted by molar-refractivity contribution is 7.11. The number of anilines is 1. The van der Waals surface area contributed by atoms with Gasteiger partial charge in [0, 0.05) is 35.4 Å². The van der Waals surface area contributed by atoms with E-state index >= 15 is 0 Å². The Labute approximate surface area is 157 Å². The Bertz CT molecular complexity index is 948. The third kappa shape index (κ3) is 2.82. The molecule has 5 heteroatoms. The lowest BCUT2D eigenvalue weighted by atomic mass is 10.1. The summed E-state index contributed by atoms with van der Waals surface area (Å²) in [6.07, 6.45) is 8.55. The Morgan fingerprint density at radius 2 is 2.00 bits per heavy atom. The van der Waals surface area contributed by atoms with Crippen molar-refractivity contribution >= 4 is 22.7 Å². The van der Waals surface area contributed by atoms with Crippen LogP contribution in [0.3, 0.4) is 0 Å². The van der Waals surface area contributed by atoms with Crippen LogP contribution in [0.25, 0.3) is 17.1 Å². The van der Waals surface area contributed by atoms with Gasteiger partial charge in [0.05, 0.1) is 0 Å². The number of fused-ring (bicyclic) bond motifs is 1. The second kappa shape index (κ2) is 6.65. The number of rotatable bonds is 3. The van der Waals surface area contributed by atoms with Crippen molar-refractivity contribution in [2.75, 3.05) is 18.0 Å². The van der Waals surface area contributed by atoms with E-state index in [-0.39, 0.29) is 0 Å². The van der Waals surface area contributed by atoms with Crippen LogP contribution >= 0.6 is 11.3 Å². The topological polar surface area (TPSA) is 41.9 Å². The molecule has 4 nitrogen and oxygen atoms in total. The third-order valence-electron chi connectivity index (χ3n) is 5.15. The summed E-state index contributed by atoms with van der Waals surface area (Å²) in [6, 6.07) is 10.3. The molecule has 26 heavy (non-hydrogen) atoms. The molecule has 0 amide bonds. The quantitative estimate of drug-likeness (QED) is 0.695. The molecule has 0 saturated carbocycles. The van der Waals surface area contributed by atoms with Crippen molar-refractivity contribution in [3.8, 4) is 11.5 Å². The molecule has 0 aromatic carbocycles. The Hall–Kier alpha value is -2.53. The van der Waals surface area contributed by atoms with Crippen LogP contribution < -0.4 is 4.90 Å². The van der Waals surface area contributed by atoms with E-state index in [0.29, 0.717) is 0 Å². The van der Waals surface area contributed by atoms with Crippen molar-refractivity contribution < 1.29 is 0 Å². The Morgan fingerprint density at radius 3 is 2.77 bits per heavy atom.